The Balaban J connectivity index is 2.03. The van der Waals surface area contributed by atoms with Gasteiger partial charge in [0.15, 0.2) is 0 Å². The van der Waals surface area contributed by atoms with E-state index in [4.69, 9.17) is 22.9 Å². The Hall–Kier alpha value is -1.64. The molecular formula is C15H15ClFN3O. The normalized spacial score (nSPS) is 27.5. The molecule has 2 aliphatic rings. The minimum atomic E-state index is -0.855. The lowest BCUT2D eigenvalue weighted by Crippen LogP contribution is -2.35. The lowest BCUT2D eigenvalue weighted by atomic mass is 9.95. The highest BCUT2D eigenvalue weighted by Crippen LogP contribution is 2.36. The van der Waals surface area contributed by atoms with Crippen LogP contribution >= 0.6 is 11.6 Å². The van der Waals surface area contributed by atoms with Crippen molar-refractivity contribution in [3.8, 4) is 0 Å². The molecule has 1 fully saturated rings. The van der Waals surface area contributed by atoms with E-state index >= 15 is 0 Å². The molecular weight excluding hydrogens is 293 g/mol. The molecule has 2 aliphatic heterocycles. The molecule has 1 aromatic carbocycles. The fourth-order valence-electron chi connectivity index (χ4n) is 3.08. The summed E-state index contributed by atoms with van der Waals surface area (Å²) < 4.78 is 19.1. The molecule has 2 heterocycles. The van der Waals surface area contributed by atoms with Gasteiger partial charge in [0.05, 0.1) is 29.9 Å². The van der Waals surface area contributed by atoms with Crippen molar-refractivity contribution < 1.29 is 9.13 Å². The number of hydrogen-bond acceptors (Lipinski definition) is 3. The van der Waals surface area contributed by atoms with Crippen molar-refractivity contribution in [1.82, 2.24) is 5.01 Å². The van der Waals surface area contributed by atoms with E-state index in [9.17, 15) is 4.39 Å². The molecule has 0 saturated carbocycles. The van der Waals surface area contributed by atoms with Crippen LogP contribution in [0.15, 0.2) is 17.2 Å². The van der Waals surface area contributed by atoms with Crippen LogP contribution in [0, 0.1) is 13.5 Å². The van der Waals surface area contributed by atoms with Crippen molar-refractivity contribution in [2.24, 2.45) is 5.10 Å². The van der Waals surface area contributed by atoms with Gasteiger partial charge in [0.2, 0.25) is 5.69 Å². The van der Waals surface area contributed by atoms with Crippen molar-refractivity contribution in [2.45, 2.75) is 31.7 Å². The quantitative estimate of drug-likeness (QED) is 0.784. The number of hydrogen-bond donors (Lipinski definition) is 0. The maximum atomic E-state index is 13.5. The van der Waals surface area contributed by atoms with Crippen LogP contribution in [0.3, 0.4) is 0 Å². The van der Waals surface area contributed by atoms with Gasteiger partial charge in [-0.2, -0.15) is 5.10 Å². The van der Waals surface area contributed by atoms with Gasteiger partial charge in [-0.05, 0) is 12.5 Å². The Bertz CT molecular complexity index is 655. The molecule has 0 unspecified atom stereocenters. The van der Waals surface area contributed by atoms with Crippen molar-refractivity contribution in [1.29, 1.82) is 0 Å². The van der Waals surface area contributed by atoms with Gasteiger partial charge in [0.25, 0.3) is 0 Å². The first-order valence-corrected chi connectivity index (χ1v) is 7.13. The lowest BCUT2D eigenvalue weighted by molar-refractivity contribution is 0.0985. The van der Waals surface area contributed by atoms with Crippen LogP contribution in [-0.2, 0) is 4.74 Å². The van der Waals surface area contributed by atoms with Crippen molar-refractivity contribution in [3.63, 3.8) is 0 Å². The molecule has 3 rings (SSSR count). The second-order valence-electron chi connectivity index (χ2n) is 5.35. The molecule has 0 aliphatic carbocycles. The third-order valence-electron chi connectivity index (χ3n) is 4.14. The second kappa shape index (κ2) is 5.28. The van der Waals surface area contributed by atoms with Crippen LogP contribution in [0.25, 0.3) is 4.85 Å². The molecule has 21 heavy (non-hydrogen) atoms. The van der Waals surface area contributed by atoms with Crippen LogP contribution in [0.2, 0.25) is 5.02 Å². The van der Waals surface area contributed by atoms with Crippen LogP contribution in [0.5, 0.6) is 0 Å². The van der Waals surface area contributed by atoms with E-state index in [1.54, 1.807) is 18.2 Å². The van der Waals surface area contributed by atoms with Gasteiger partial charge in [-0.1, -0.05) is 23.7 Å². The van der Waals surface area contributed by atoms with E-state index in [0.717, 1.165) is 16.8 Å². The number of hydrazone groups is 1. The van der Waals surface area contributed by atoms with Crippen molar-refractivity contribution in [2.75, 3.05) is 13.7 Å². The van der Waals surface area contributed by atoms with Crippen LogP contribution < -0.4 is 0 Å². The summed E-state index contributed by atoms with van der Waals surface area (Å²) in [6.07, 6.45) is -0.690. The molecule has 0 spiro atoms. The number of benzene rings is 1. The number of rotatable bonds is 2. The topological polar surface area (TPSA) is 29.2 Å². The second-order valence-corrected chi connectivity index (χ2v) is 5.72. The Morgan fingerprint density at radius 2 is 2.29 bits per heavy atom. The fraction of sp³-hybridized carbons (Fsp3) is 0.467. The maximum Gasteiger partial charge on any atom is 0.205 e. The van der Waals surface area contributed by atoms with E-state index < -0.39 is 6.17 Å². The first kappa shape index (κ1) is 14.3. The first-order chi connectivity index (χ1) is 10.1. The third-order valence-corrected chi connectivity index (χ3v) is 4.61. The molecule has 1 aromatic rings. The summed E-state index contributed by atoms with van der Waals surface area (Å²) in [5.74, 6) is 0. The van der Waals surface area contributed by atoms with Crippen molar-refractivity contribution in [3.05, 3.63) is 39.7 Å². The van der Waals surface area contributed by atoms with Gasteiger partial charge in [0.1, 0.15) is 12.3 Å². The standard InChI is InChI=1S/C15H15ClFN3O/c1-8-10(4-5-11(18-2)13(8)16)14-15(21-3)12-6-9(17)7-20(12)19-14/h4-5,9,12,15H,6-7H2,1,3H3/t9-,12-,15-/m0/s1. The summed E-state index contributed by atoms with van der Waals surface area (Å²) in [5.41, 5.74) is 2.87. The minimum Gasteiger partial charge on any atom is -0.373 e. The molecule has 3 atom stereocenters. The van der Waals surface area contributed by atoms with E-state index in [0.29, 0.717) is 23.7 Å². The summed E-state index contributed by atoms with van der Waals surface area (Å²) >= 11 is 6.23. The van der Waals surface area contributed by atoms with E-state index in [1.165, 1.54) is 0 Å². The summed E-state index contributed by atoms with van der Waals surface area (Å²) in [6.45, 7) is 9.27. The Morgan fingerprint density at radius 3 is 2.95 bits per heavy atom. The van der Waals surface area contributed by atoms with E-state index in [-0.39, 0.29) is 12.1 Å². The largest absolute Gasteiger partial charge is 0.373 e. The Kier molecular flexibility index (Phi) is 3.60. The Morgan fingerprint density at radius 1 is 1.52 bits per heavy atom. The number of alkyl halides is 1. The van der Waals surface area contributed by atoms with Gasteiger partial charge in [-0.25, -0.2) is 9.24 Å². The average molecular weight is 308 g/mol. The van der Waals surface area contributed by atoms with Gasteiger partial charge in [-0.3, -0.25) is 5.01 Å². The van der Waals surface area contributed by atoms with Crippen LogP contribution in [0.4, 0.5) is 10.1 Å². The zero-order valence-electron chi connectivity index (χ0n) is 11.8. The van der Waals surface area contributed by atoms with Gasteiger partial charge in [0, 0.05) is 19.1 Å². The Labute approximate surface area is 128 Å². The maximum absolute atomic E-state index is 13.5. The molecule has 4 nitrogen and oxygen atoms in total. The number of halogens is 2. The minimum absolute atomic E-state index is 0.0567. The average Bonchev–Trinajstić information content (AvgIpc) is 2.97. The molecule has 0 amide bonds. The predicted octanol–water partition coefficient (Wildman–Crippen LogP) is 3.34. The van der Waals surface area contributed by atoms with Crippen molar-refractivity contribution >= 4 is 23.0 Å². The highest BCUT2D eigenvalue weighted by Gasteiger charge is 2.45. The third kappa shape index (κ3) is 2.19. The molecule has 0 radical (unpaired) electrons. The highest BCUT2D eigenvalue weighted by molar-refractivity contribution is 6.34. The summed E-state index contributed by atoms with van der Waals surface area (Å²) in [4.78, 5) is 3.39. The smallest absolute Gasteiger partial charge is 0.205 e. The molecule has 110 valence electrons. The molecule has 0 aromatic heterocycles. The van der Waals surface area contributed by atoms with Crippen LogP contribution in [0.1, 0.15) is 17.5 Å². The number of methoxy groups -OCH3 is 1. The van der Waals surface area contributed by atoms with Gasteiger partial charge < -0.3 is 4.74 Å². The summed E-state index contributed by atoms with van der Waals surface area (Å²) in [6, 6.07) is 3.47. The molecule has 0 N–H and O–H groups in total. The van der Waals surface area contributed by atoms with Gasteiger partial charge in [-0.15, -0.1) is 0 Å². The molecule has 6 heteroatoms. The number of nitrogens with zero attached hydrogens (tertiary/aromatic N) is 3. The highest BCUT2D eigenvalue weighted by atomic mass is 35.5. The lowest BCUT2D eigenvalue weighted by Gasteiger charge is -2.20. The van der Waals surface area contributed by atoms with Gasteiger partial charge >= 0.3 is 0 Å². The number of ether oxygens (including phenoxy) is 1. The first-order valence-electron chi connectivity index (χ1n) is 6.75. The zero-order chi connectivity index (χ0) is 15.1. The van der Waals surface area contributed by atoms with Crippen LogP contribution in [-0.4, -0.2) is 42.7 Å². The van der Waals surface area contributed by atoms with E-state index in [2.05, 4.69) is 9.95 Å². The summed E-state index contributed by atoms with van der Waals surface area (Å²) in [5, 5.41) is 6.74. The molecule has 0 bridgehead atoms. The SMILES string of the molecule is [C-]#[N+]c1ccc(C2=NN3C[C@@H](F)C[C@H]3[C@@H]2OC)c(C)c1Cl. The zero-order valence-corrected chi connectivity index (χ0v) is 12.6. The monoisotopic (exact) mass is 307 g/mol. The molecule has 1 saturated heterocycles. The van der Waals surface area contributed by atoms with E-state index in [1.807, 2.05) is 13.0 Å². The number of fused-ring (bicyclic) bond motifs is 1. The fourth-order valence-corrected chi connectivity index (χ4v) is 3.29. The predicted molar refractivity (Wildman–Crippen MR) is 79.8 cm³/mol. The summed E-state index contributed by atoms with van der Waals surface area (Å²) in [7, 11) is 1.61.